The first-order chi connectivity index (χ1) is 21.5. The number of rotatable bonds is 22. The first-order valence-electron chi connectivity index (χ1n) is 17.7. The number of allylic oxidation sites excluding steroid dienone is 5. The molecule has 0 N–H and O–H groups in total. The molecule has 0 saturated heterocycles. The third-order valence-corrected chi connectivity index (χ3v) is 11.9. The molecule has 0 fully saturated rings. The number of hydrogen-bond acceptors (Lipinski definition) is 4. The third kappa shape index (κ3) is 16.6. The van der Waals surface area contributed by atoms with Gasteiger partial charge in [0.25, 0.3) is 10.0 Å². The molecule has 0 atom stereocenters. The van der Waals surface area contributed by atoms with Crippen LogP contribution < -0.4 is 81.1 Å². The van der Waals surface area contributed by atoms with Gasteiger partial charge in [-0.1, -0.05) is 119 Å². The Morgan fingerprint density at radius 1 is 0.681 bits per heavy atom. The largest absolute Gasteiger partial charge is 1.00 e. The second kappa shape index (κ2) is 28.2. The van der Waals surface area contributed by atoms with Crippen LogP contribution in [0.2, 0.25) is 0 Å². The van der Waals surface area contributed by atoms with Gasteiger partial charge in [0.05, 0.1) is 21.4 Å². The molecule has 2 aromatic heterocycles. The lowest BCUT2D eigenvalue weighted by atomic mass is 10.1. The molecule has 2 aromatic rings. The molecule has 0 aromatic carbocycles. The van der Waals surface area contributed by atoms with Crippen LogP contribution in [0.4, 0.5) is 0 Å². The Morgan fingerprint density at radius 3 is 1.83 bits per heavy atom. The molecular weight excluding hydrogens is 975 g/mol. The van der Waals surface area contributed by atoms with E-state index in [2.05, 4.69) is 96.0 Å². The minimum absolute atomic E-state index is 0. The van der Waals surface area contributed by atoms with Crippen LogP contribution in [0.1, 0.15) is 145 Å². The van der Waals surface area contributed by atoms with Crippen molar-refractivity contribution in [1.82, 2.24) is 4.90 Å². The van der Waals surface area contributed by atoms with E-state index in [1.165, 1.54) is 134 Å². The van der Waals surface area contributed by atoms with Gasteiger partial charge in [-0.3, -0.25) is 0 Å². The summed E-state index contributed by atoms with van der Waals surface area (Å²) in [6, 6.07) is 0. The van der Waals surface area contributed by atoms with Crippen LogP contribution in [-0.4, -0.2) is 11.4 Å². The Labute approximate surface area is 352 Å². The second-order valence-electron chi connectivity index (χ2n) is 12.4. The maximum atomic E-state index is 2.57. The van der Waals surface area contributed by atoms with Gasteiger partial charge in [-0.05, 0) is 49.8 Å². The number of hydrogen-bond donors (Lipinski definition) is 0. The summed E-state index contributed by atoms with van der Waals surface area (Å²) in [7, 11) is 0. The standard InChI is InChI=1S/C38H61N3S3.3HI/c1-7-10-13-16-19-26-39-32(4)29-42-36(39)24-22-35(38-41(34(6)31-44-38)28-21-18-15-12-9-3)23-25-37-40(33(5)30-43-37)27-20-17-14-11-8-2;;;/h22-25,29-31H,7-21,26-28H2,1-6H3;3*1H/q+2;;;/p-3. The highest BCUT2D eigenvalue weighted by Gasteiger charge is 2.22. The van der Waals surface area contributed by atoms with Gasteiger partial charge in [0.15, 0.2) is 11.4 Å². The van der Waals surface area contributed by atoms with Crippen molar-refractivity contribution in [3.05, 3.63) is 66.5 Å². The Morgan fingerprint density at radius 2 is 1.21 bits per heavy atom. The summed E-state index contributed by atoms with van der Waals surface area (Å²) in [5.74, 6) is 0. The first kappa shape index (κ1) is 47.6. The molecule has 0 radical (unpaired) electrons. The van der Waals surface area contributed by atoms with Crippen LogP contribution in [0.15, 0.2) is 45.1 Å². The zero-order chi connectivity index (χ0) is 31.6. The molecule has 0 saturated carbocycles. The van der Waals surface area contributed by atoms with Gasteiger partial charge in [0, 0.05) is 45.0 Å². The van der Waals surface area contributed by atoms with Gasteiger partial charge < -0.3 is 76.8 Å². The van der Waals surface area contributed by atoms with Crippen molar-refractivity contribution in [3.63, 3.8) is 0 Å². The minimum Gasteiger partial charge on any atom is -1.00 e. The number of aryl methyl sites for hydroxylation is 2. The molecule has 0 amide bonds. The van der Waals surface area contributed by atoms with Crippen molar-refractivity contribution < 1.29 is 81.1 Å². The molecule has 0 bridgehead atoms. The Kier molecular flexibility index (Phi) is 28.5. The van der Waals surface area contributed by atoms with E-state index in [4.69, 9.17) is 0 Å². The van der Waals surface area contributed by atoms with E-state index in [1.807, 2.05) is 34.4 Å². The normalized spacial score (nSPS) is 14.0. The van der Waals surface area contributed by atoms with Gasteiger partial charge in [-0.2, -0.15) is 9.13 Å². The molecule has 3 nitrogen and oxygen atoms in total. The van der Waals surface area contributed by atoms with Crippen molar-refractivity contribution >= 4 is 46.1 Å². The van der Waals surface area contributed by atoms with E-state index in [0.717, 1.165) is 19.6 Å². The quantitative estimate of drug-likeness (QED) is 0.0780. The third-order valence-electron chi connectivity index (χ3n) is 8.61. The molecule has 0 unspecified atom stereocenters. The molecule has 0 aliphatic carbocycles. The number of thioether (sulfide) groups is 1. The van der Waals surface area contributed by atoms with Crippen molar-refractivity contribution in [2.45, 2.75) is 151 Å². The van der Waals surface area contributed by atoms with Gasteiger partial charge >= 0.3 is 0 Å². The summed E-state index contributed by atoms with van der Waals surface area (Å²) in [5.41, 5.74) is 5.46. The number of halogens is 3. The Bertz CT molecular complexity index is 1250. The monoisotopic (exact) mass is 1040 g/mol. The van der Waals surface area contributed by atoms with Crippen molar-refractivity contribution in [3.8, 4) is 0 Å². The Balaban J connectivity index is 0.00000705. The van der Waals surface area contributed by atoms with Crippen molar-refractivity contribution in [2.24, 2.45) is 0 Å². The van der Waals surface area contributed by atoms with Crippen LogP contribution in [0.5, 0.6) is 0 Å². The lowest BCUT2D eigenvalue weighted by Crippen LogP contribution is -3.00. The molecule has 1 aliphatic heterocycles. The minimum atomic E-state index is 0. The molecule has 268 valence electrons. The topological polar surface area (TPSA) is 11.0 Å². The molecule has 47 heavy (non-hydrogen) atoms. The van der Waals surface area contributed by atoms with Gasteiger partial charge in [0.1, 0.15) is 13.1 Å². The maximum Gasteiger partial charge on any atom is 0.269 e. The highest BCUT2D eigenvalue weighted by molar-refractivity contribution is 8.06. The molecule has 3 heterocycles. The molecule has 3 rings (SSSR count). The first-order valence-corrected chi connectivity index (χ1v) is 20.3. The van der Waals surface area contributed by atoms with Crippen LogP contribution in [-0.2, 0) is 13.1 Å². The van der Waals surface area contributed by atoms with E-state index in [-0.39, 0.29) is 71.9 Å². The number of nitrogens with zero attached hydrogens (tertiary/aromatic N) is 3. The van der Waals surface area contributed by atoms with Gasteiger partial charge in [-0.15, -0.1) is 0 Å². The van der Waals surface area contributed by atoms with Crippen LogP contribution in [0.3, 0.4) is 0 Å². The summed E-state index contributed by atoms with van der Waals surface area (Å²) in [6.45, 7) is 17.0. The number of unbranched alkanes of at least 4 members (excludes halogenated alkanes) is 12. The van der Waals surface area contributed by atoms with E-state index < -0.39 is 0 Å². The van der Waals surface area contributed by atoms with Crippen molar-refractivity contribution in [1.29, 1.82) is 0 Å². The smallest absolute Gasteiger partial charge is 0.269 e. The zero-order valence-corrected chi connectivity index (χ0v) is 38.9. The molecular formula is C38H61I3N3S3-. The molecule has 9 heteroatoms. The predicted molar refractivity (Wildman–Crippen MR) is 198 cm³/mol. The number of aromatic nitrogens is 2. The van der Waals surface area contributed by atoms with Crippen LogP contribution in [0.25, 0.3) is 11.6 Å². The average molecular weight is 1040 g/mol. The van der Waals surface area contributed by atoms with Gasteiger partial charge in [-0.25, -0.2) is 0 Å². The highest BCUT2D eigenvalue weighted by atomic mass is 127. The summed E-state index contributed by atoms with van der Waals surface area (Å²) < 4.78 is 5.11. The number of thiazole rings is 2. The highest BCUT2D eigenvalue weighted by Crippen LogP contribution is 2.35. The summed E-state index contributed by atoms with van der Waals surface area (Å²) in [4.78, 5) is 2.53. The fourth-order valence-electron chi connectivity index (χ4n) is 5.80. The fraction of sp³-hybridized carbons (Fsp3) is 0.632. The van der Waals surface area contributed by atoms with E-state index in [0.29, 0.717) is 0 Å². The van der Waals surface area contributed by atoms with E-state index >= 15 is 0 Å². The van der Waals surface area contributed by atoms with Crippen LogP contribution in [0, 0.1) is 13.8 Å². The maximum absolute atomic E-state index is 2.57. The SMILES string of the molecule is CCCCCCCN1C(C)=CS/C1=C/C=C(\C=C\c1scc(C)[n+]1CCCCCCC)c1scc(C)[n+]1CCCCCCC.[I-].[I-].[I-]. The van der Waals surface area contributed by atoms with Crippen molar-refractivity contribution in [2.75, 3.05) is 6.54 Å². The van der Waals surface area contributed by atoms with Gasteiger partial charge in [0.2, 0.25) is 0 Å². The Hall–Kier alpha value is 0.560. The fourth-order valence-corrected chi connectivity index (χ4v) is 8.70. The summed E-state index contributed by atoms with van der Waals surface area (Å²) in [6.07, 6.45) is 29.3. The lowest BCUT2D eigenvalue weighted by Gasteiger charge is -2.21. The summed E-state index contributed by atoms with van der Waals surface area (Å²) >= 11 is 5.66. The molecule has 0 spiro atoms. The van der Waals surface area contributed by atoms with E-state index in [1.54, 1.807) is 0 Å². The average Bonchev–Trinajstić information content (AvgIpc) is 3.69. The summed E-state index contributed by atoms with van der Waals surface area (Å²) in [5, 5.41) is 11.1. The van der Waals surface area contributed by atoms with E-state index in [9.17, 15) is 0 Å². The van der Waals surface area contributed by atoms with Crippen LogP contribution >= 0.6 is 34.4 Å². The second-order valence-corrected chi connectivity index (χ2v) is 15.1. The predicted octanol–water partition coefficient (Wildman–Crippen LogP) is 2.77. The lowest BCUT2D eigenvalue weighted by molar-refractivity contribution is -0.700. The molecule has 1 aliphatic rings. The zero-order valence-electron chi connectivity index (χ0n) is 30.0.